The zero-order chi connectivity index (χ0) is 16.2. The number of nitrogens with zero attached hydrogens (tertiary/aromatic N) is 2. The van der Waals surface area contributed by atoms with Gasteiger partial charge >= 0.3 is 0 Å². The van der Waals surface area contributed by atoms with Crippen molar-refractivity contribution in [1.29, 1.82) is 0 Å². The summed E-state index contributed by atoms with van der Waals surface area (Å²) in [6, 6.07) is 8.44. The molecular formula is C17H26ClN3O2. The van der Waals surface area contributed by atoms with Crippen LogP contribution < -0.4 is 10.1 Å². The van der Waals surface area contributed by atoms with Crippen LogP contribution in [0.2, 0.25) is 0 Å². The lowest BCUT2D eigenvalue weighted by Crippen LogP contribution is -2.24. The summed E-state index contributed by atoms with van der Waals surface area (Å²) in [5.74, 6) is 2.00. The fourth-order valence-corrected chi connectivity index (χ4v) is 2.00. The Hall–Kier alpha value is -1.59. The fraction of sp³-hybridized carbons (Fsp3) is 0.529. The second kappa shape index (κ2) is 8.31. The first-order chi connectivity index (χ1) is 10.4. The third-order valence-corrected chi connectivity index (χ3v) is 3.57. The van der Waals surface area contributed by atoms with Crippen molar-refractivity contribution in [3.8, 4) is 5.75 Å². The summed E-state index contributed by atoms with van der Waals surface area (Å²) < 4.78 is 10.9. The van der Waals surface area contributed by atoms with E-state index in [9.17, 15) is 0 Å². The predicted octanol–water partition coefficient (Wildman–Crippen LogP) is 3.52. The van der Waals surface area contributed by atoms with Gasteiger partial charge in [0.05, 0.1) is 0 Å². The second-order valence-corrected chi connectivity index (χ2v) is 6.56. The lowest BCUT2D eigenvalue weighted by atomic mass is 9.87. The number of hydrogen-bond acceptors (Lipinski definition) is 5. The summed E-state index contributed by atoms with van der Waals surface area (Å²) >= 11 is 0. The molecule has 1 atom stereocenters. The number of rotatable bonds is 6. The van der Waals surface area contributed by atoms with E-state index in [4.69, 9.17) is 9.26 Å². The van der Waals surface area contributed by atoms with Crippen molar-refractivity contribution >= 4 is 12.4 Å². The fourth-order valence-electron chi connectivity index (χ4n) is 2.00. The molecule has 0 aliphatic carbocycles. The number of nitrogens with one attached hydrogen (secondary N) is 1. The van der Waals surface area contributed by atoms with Crippen molar-refractivity contribution in [2.75, 3.05) is 7.05 Å². The smallest absolute Gasteiger partial charge is 0.264 e. The van der Waals surface area contributed by atoms with Crippen molar-refractivity contribution < 1.29 is 9.26 Å². The zero-order valence-corrected chi connectivity index (χ0v) is 15.2. The van der Waals surface area contributed by atoms with Crippen LogP contribution in [0.15, 0.2) is 28.8 Å². The highest BCUT2D eigenvalue weighted by Crippen LogP contribution is 2.24. The molecule has 0 spiro atoms. The van der Waals surface area contributed by atoms with Gasteiger partial charge in [0.25, 0.3) is 5.89 Å². The summed E-state index contributed by atoms with van der Waals surface area (Å²) in [7, 11) is 1.91. The maximum atomic E-state index is 5.69. The molecule has 5 nitrogen and oxygen atoms in total. The molecule has 1 aromatic heterocycles. The van der Waals surface area contributed by atoms with Crippen molar-refractivity contribution in [2.45, 2.75) is 52.2 Å². The Morgan fingerprint density at radius 3 is 2.43 bits per heavy atom. The van der Waals surface area contributed by atoms with Gasteiger partial charge in [0.1, 0.15) is 5.75 Å². The standard InChI is InChI=1S/C17H25N3O2.ClH/c1-12(18-5)10-15-19-16(22-20-15)11-21-14-8-6-13(7-9-14)17(2,3)4;/h6-9,12,18H,10-11H2,1-5H3;1H. The highest BCUT2D eigenvalue weighted by Gasteiger charge is 2.13. The molecule has 23 heavy (non-hydrogen) atoms. The third-order valence-electron chi connectivity index (χ3n) is 3.57. The SMILES string of the molecule is CNC(C)Cc1noc(COc2ccc(C(C)(C)C)cc2)n1.Cl. The van der Waals surface area contributed by atoms with Gasteiger partial charge in [-0.15, -0.1) is 12.4 Å². The molecule has 2 aromatic rings. The first-order valence-electron chi connectivity index (χ1n) is 7.60. The Morgan fingerprint density at radius 2 is 1.87 bits per heavy atom. The van der Waals surface area contributed by atoms with Crippen LogP contribution in [-0.2, 0) is 18.4 Å². The van der Waals surface area contributed by atoms with Gasteiger partial charge in [0.15, 0.2) is 12.4 Å². The average molecular weight is 340 g/mol. The lowest BCUT2D eigenvalue weighted by molar-refractivity contribution is 0.242. The third kappa shape index (κ3) is 5.84. The van der Waals surface area contributed by atoms with Crippen LogP contribution in [-0.4, -0.2) is 23.2 Å². The molecule has 1 unspecified atom stereocenters. The van der Waals surface area contributed by atoms with Crippen LogP contribution in [0, 0.1) is 0 Å². The summed E-state index contributed by atoms with van der Waals surface area (Å²) in [5.41, 5.74) is 1.42. The number of likely N-dealkylation sites (N-methyl/N-ethyl adjacent to an activating group) is 1. The number of halogens is 1. The van der Waals surface area contributed by atoms with Crippen molar-refractivity contribution in [3.05, 3.63) is 41.5 Å². The average Bonchev–Trinajstić information content (AvgIpc) is 2.92. The molecular weight excluding hydrogens is 314 g/mol. The second-order valence-electron chi connectivity index (χ2n) is 6.56. The van der Waals surface area contributed by atoms with Gasteiger partial charge in [-0.1, -0.05) is 38.1 Å². The minimum Gasteiger partial charge on any atom is -0.484 e. The highest BCUT2D eigenvalue weighted by molar-refractivity contribution is 5.85. The lowest BCUT2D eigenvalue weighted by Gasteiger charge is -2.19. The molecule has 1 N–H and O–H groups in total. The zero-order valence-electron chi connectivity index (χ0n) is 14.4. The van der Waals surface area contributed by atoms with Gasteiger partial charge in [0, 0.05) is 12.5 Å². The number of benzene rings is 1. The van der Waals surface area contributed by atoms with Crippen molar-refractivity contribution in [3.63, 3.8) is 0 Å². The first kappa shape index (κ1) is 19.5. The molecule has 2 rings (SSSR count). The van der Waals surface area contributed by atoms with Crippen LogP contribution in [0.1, 0.15) is 45.0 Å². The van der Waals surface area contributed by atoms with Gasteiger partial charge in [0.2, 0.25) is 0 Å². The number of ether oxygens (including phenoxy) is 1. The molecule has 0 saturated carbocycles. The Kier molecular flexibility index (Phi) is 7.03. The Labute approximate surface area is 144 Å². The molecule has 0 aliphatic heterocycles. The molecule has 6 heteroatoms. The Morgan fingerprint density at radius 1 is 1.22 bits per heavy atom. The molecule has 0 saturated heterocycles. The maximum absolute atomic E-state index is 5.69. The van der Waals surface area contributed by atoms with Crippen LogP contribution in [0.5, 0.6) is 5.75 Å². The van der Waals surface area contributed by atoms with Crippen LogP contribution >= 0.6 is 12.4 Å². The van der Waals surface area contributed by atoms with Gasteiger partial charge in [-0.3, -0.25) is 0 Å². The number of aromatic nitrogens is 2. The van der Waals surface area contributed by atoms with Crippen molar-refractivity contribution in [2.24, 2.45) is 0 Å². The van der Waals surface area contributed by atoms with E-state index in [1.807, 2.05) is 19.2 Å². The molecule has 1 aromatic carbocycles. The highest BCUT2D eigenvalue weighted by atomic mass is 35.5. The van der Waals surface area contributed by atoms with Crippen molar-refractivity contribution in [1.82, 2.24) is 15.5 Å². The minimum absolute atomic E-state index is 0. The van der Waals surface area contributed by atoms with E-state index in [1.165, 1.54) is 5.56 Å². The van der Waals surface area contributed by atoms with Crippen LogP contribution in [0.25, 0.3) is 0 Å². The monoisotopic (exact) mass is 339 g/mol. The van der Waals surface area contributed by atoms with Crippen LogP contribution in [0.4, 0.5) is 0 Å². The Bertz CT molecular complexity index is 591. The van der Waals surface area contributed by atoms with Gasteiger partial charge < -0.3 is 14.6 Å². The van der Waals surface area contributed by atoms with E-state index in [0.717, 1.165) is 12.2 Å². The predicted molar refractivity (Wildman–Crippen MR) is 93.2 cm³/mol. The summed E-state index contributed by atoms with van der Waals surface area (Å²) in [4.78, 5) is 4.33. The van der Waals surface area contributed by atoms with E-state index < -0.39 is 0 Å². The van der Waals surface area contributed by atoms with Gasteiger partial charge in [-0.05, 0) is 37.1 Å². The molecule has 0 amide bonds. The van der Waals surface area contributed by atoms with Gasteiger partial charge in [-0.2, -0.15) is 4.98 Å². The Balaban J connectivity index is 0.00000264. The molecule has 0 aliphatic rings. The minimum atomic E-state index is 0. The number of hydrogen-bond donors (Lipinski definition) is 1. The quantitative estimate of drug-likeness (QED) is 0.872. The first-order valence-corrected chi connectivity index (χ1v) is 7.60. The van der Waals surface area contributed by atoms with E-state index in [2.05, 4.69) is 55.3 Å². The van der Waals surface area contributed by atoms with Gasteiger partial charge in [-0.25, -0.2) is 0 Å². The van der Waals surface area contributed by atoms with E-state index in [0.29, 0.717) is 17.8 Å². The molecule has 0 bridgehead atoms. The summed E-state index contributed by atoms with van der Waals surface area (Å²) in [5, 5.41) is 7.10. The largest absolute Gasteiger partial charge is 0.484 e. The van der Waals surface area contributed by atoms with E-state index >= 15 is 0 Å². The summed E-state index contributed by atoms with van der Waals surface area (Å²) in [6.07, 6.45) is 0.736. The maximum Gasteiger partial charge on any atom is 0.264 e. The molecule has 1 heterocycles. The summed E-state index contributed by atoms with van der Waals surface area (Å²) in [6.45, 7) is 8.93. The van der Waals surface area contributed by atoms with E-state index in [1.54, 1.807) is 0 Å². The molecule has 128 valence electrons. The topological polar surface area (TPSA) is 60.2 Å². The molecule has 0 fully saturated rings. The normalized spacial score (nSPS) is 12.6. The van der Waals surface area contributed by atoms with E-state index in [-0.39, 0.29) is 24.4 Å². The van der Waals surface area contributed by atoms with Crippen LogP contribution in [0.3, 0.4) is 0 Å². The molecule has 0 radical (unpaired) electrons.